The molecule has 0 spiro atoms. The lowest BCUT2D eigenvalue weighted by atomic mass is 10.2. The minimum absolute atomic E-state index is 0.188. The number of ether oxygens (including phenoxy) is 1. The zero-order chi connectivity index (χ0) is 20.7. The summed E-state index contributed by atoms with van der Waals surface area (Å²) >= 11 is 0. The van der Waals surface area contributed by atoms with Crippen LogP contribution in [0.25, 0.3) is 0 Å². The first-order chi connectivity index (χ1) is 13.7. The number of carbonyl (C=O) groups is 2. The Morgan fingerprint density at radius 2 is 1.04 bits per heavy atom. The van der Waals surface area contributed by atoms with Crippen LogP contribution in [0.3, 0.4) is 0 Å². The van der Waals surface area contributed by atoms with Crippen molar-refractivity contribution in [2.45, 2.75) is 58.3 Å². The van der Waals surface area contributed by atoms with Gasteiger partial charge in [-0.15, -0.1) is 0 Å². The standard InChI is InChI=1S/C24H35NO3/c1-2-3-4-5-6-7-8-9-10-11-12-13-14-15-16-17-18-19-20-21-23(26)28-24(27)22-25/h3-4,6-7,9-10,12-13,15-16,18-19H,2,5,8,11,14,17,20-22,25H2,1H3/b4-3-,7-6-,10-9-,13-12-,16-15-,19-18-. The summed E-state index contributed by atoms with van der Waals surface area (Å²) in [6.07, 6.45) is 32.1. The average molecular weight is 386 g/mol. The zero-order valence-electron chi connectivity index (χ0n) is 17.1. The van der Waals surface area contributed by atoms with Crippen molar-refractivity contribution in [3.63, 3.8) is 0 Å². The molecule has 0 rings (SSSR count). The van der Waals surface area contributed by atoms with Crippen LogP contribution in [0.1, 0.15) is 58.3 Å². The fourth-order valence-corrected chi connectivity index (χ4v) is 2.06. The molecule has 0 amide bonds. The van der Waals surface area contributed by atoms with Gasteiger partial charge in [0.25, 0.3) is 0 Å². The third-order valence-electron chi connectivity index (χ3n) is 3.51. The molecule has 0 radical (unpaired) electrons. The summed E-state index contributed by atoms with van der Waals surface area (Å²) in [6, 6.07) is 0. The first-order valence-electron chi connectivity index (χ1n) is 10.0. The molecular formula is C24H35NO3. The highest BCUT2D eigenvalue weighted by Gasteiger charge is 2.06. The number of nitrogens with two attached hydrogens (primary N) is 1. The number of hydrogen-bond acceptors (Lipinski definition) is 4. The molecule has 0 aromatic heterocycles. The molecule has 0 saturated carbocycles. The van der Waals surface area contributed by atoms with Crippen LogP contribution in [0.2, 0.25) is 0 Å². The topological polar surface area (TPSA) is 69.4 Å². The molecule has 0 bridgehead atoms. The lowest BCUT2D eigenvalue weighted by Crippen LogP contribution is -2.20. The van der Waals surface area contributed by atoms with Crippen LogP contribution in [0.4, 0.5) is 0 Å². The summed E-state index contributed by atoms with van der Waals surface area (Å²) < 4.78 is 4.47. The lowest BCUT2D eigenvalue weighted by Gasteiger charge is -1.98. The van der Waals surface area contributed by atoms with Crippen molar-refractivity contribution in [2.75, 3.05) is 6.54 Å². The molecule has 0 aromatic rings. The van der Waals surface area contributed by atoms with Crippen LogP contribution in [0, 0.1) is 0 Å². The van der Waals surface area contributed by atoms with Crippen molar-refractivity contribution in [1.82, 2.24) is 0 Å². The summed E-state index contributed by atoms with van der Waals surface area (Å²) in [5.41, 5.74) is 5.06. The van der Waals surface area contributed by atoms with E-state index in [0.29, 0.717) is 6.42 Å². The molecule has 154 valence electrons. The van der Waals surface area contributed by atoms with Gasteiger partial charge in [-0.25, -0.2) is 0 Å². The van der Waals surface area contributed by atoms with Gasteiger partial charge in [0.1, 0.15) is 0 Å². The Morgan fingerprint density at radius 1 is 0.643 bits per heavy atom. The van der Waals surface area contributed by atoms with Gasteiger partial charge < -0.3 is 10.5 Å². The van der Waals surface area contributed by atoms with Gasteiger partial charge >= 0.3 is 11.9 Å². The summed E-state index contributed by atoms with van der Waals surface area (Å²) in [6.45, 7) is 1.87. The van der Waals surface area contributed by atoms with Crippen LogP contribution in [0.5, 0.6) is 0 Å². The van der Waals surface area contributed by atoms with Crippen LogP contribution in [-0.4, -0.2) is 18.5 Å². The van der Waals surface area contributed by atoms with E-state index in [0.717, 1.165) is 38.5 Å². The van der Waals surface area contributed by atoms with Gasteiger partial charge in [0, 0.05) is 6.42 Å². The van der Waals surface area contributed by atoms with Crippen LogP contribution in [-0.2, 0) is 14.3 Å². The molecule has 0 saturated heterocycles. The highest BCUT2D eigenvalue weighted by Crippen LogP contribution is 1.98. The van der Waals surface area contributed by atoms with Crippen molar-refractivity contribution in [1.29, 1.82) is 0 Å². The molecule has 0 aliphatic rings. The minimum Gasteiger partial charge on any atom is -0.392 e. The van der Waals surface area contributed by atoms with Crippen LogP contribution in [0.15, 0.2) is 72.9 Å². The largest absolute Gasteiger partial charge is 0.392 e. The average Bonchev–Trinajstić information content (AvgIpc) is 2.69. The Labute approximate surface area is 170 Å². The molecule has 0 heterocycles. The summed E-state index contributed by atoms with van der Waals surface area (Å²) in [5, 5.41) is 0. The molecule has 28 heavy (non-hydrogen) atoms. The van der Waals surface area contributed by atoms with Crippen molar-refractivity contribution < 1.29 is 14.3 Å². The Balaban J connectivity index is 3.60. The third-order valence-corrected chi connectivity index (χ3v) is 3.51. The molecule has 4 heteroatoms. The normalized spacial score (nSPS) is 12.6. The second-order valence-electron chi connectivity index (χ2n) is 6.00. The monoisotopic (exact) mass is 385 g/mol. The SMILES string of the molecule is CC/C=C\C/C=C\C/C=C\C/C=C\C/C=C\C/C=C\CCC(=O)OC(=O)CN. The van der Waals surface area contributed by atoms with E-state index in [1.165, 1.54) is 0 Å². The quantitative estimate of drug-likeness (QED) is 0.230. The fourth-order valence-electron chi connectivity index (χ4n) is 2.06. The molecule has 0 atom stereocenters. The highest BCUT2D eigenvalue weighted by molar-refractivity contribution is 5.86. The Morgan fingerprint density at radius 3 is 1.43 bits per heavy atom. The Hall–Kier alpha value is -2.46. The van der Waals surface area contributed by atoms with Crippen LogP contribution < -0.4 is 5.73 Å². The van der Waals surface area contributed by atoms with E-state index >= 15 is 0 Å². The zero-order valence-corrected chi connectivity index (χ0v) is 17.1. The van der Waals surface area contributed by atoms with Gasteiger partial charge in [0.2, 0.25) is 0 Å². The highest BCUT2D eigenvalue weighted by atomic mass is 16.6. The van der Waals surface area contributed by atoms with Gasteiger partial charge in [-0.05, 0) is 44.9 Å². The summed E-state index contributed by atoms with van der Waals surface area (Å²) in [4.78, 5) is 22.0. The molecule has 0 unspecified atom stereocenters. The van der Waals surface area contributed by atoms with E-state index in [2.05, 4.69) is 72.4 Å². The summed E-state index contributed by atoms with van der Waals surface area (Å²) in [5.74, 6) is -1.22. The number of rotatable bonds is 15. The van der Waals surface area contributed by atoms with Crippen molar-refractivity contribution in [3.8, 4) is 0 Å². The van der Waals surface area contributed by atoms with E-state index in [4.69, 9.17) is 5.73 Å². The smallest absolute Gasteiger partial charge is 0.327 e. The maximum absolute atomic E-state index is 11.2. The Kier molecular flexibility index (Phi) is 19.0. The van der Waals surface area contributed by atoms with E-state index in [1.54, 1.807) is 0 Å². The molecule has 0 aromatic carbocycles. The number of carbonyl (C=O) groups excluding carboxylic acids is 2. The molecule has 0 fully saturated rings. The molecular weight excluding hydrogens is 350 g/mol. The second kappa shape index (κ2) is 20.8. The predicted octanol–water partition coefficient (Wildman–Crippen LogP) is 5.49. The predicted molar refractivity (Wildman–Crippen MR) is 118 cm³/mol. The first-order valence-corrected chi connectivity index (χ1v) is 10.0. The number of hydrogen-bond donors (Lipinski definition) is 1. The van der Waals surface area contributed by atoms with Gasteiger partial charge in [-0.1, -0.05) is 79.8 Å². The van der Waals surface area contributed by atoms with E-state index < -0.39 is 11.9 Å². The Bertz CT molecular complexity index is 581. The van der Waals surface area contributed by atoms with Gasteiger partial charge in [-0.3, -0.25) is 9.59 Å². The van der Waals surface area contributed by atoms with Crippen molar-refractivity contribution >= 4 is 11.9 Å². The van der Waals surface area contributed by atoms with E-state index in [1.807, 2.05) is 12.2 Å². The van der Waals surface area contributed by atoms with Crippen molar-refractivity contribution in [3.05, 3.63) is 72.9 Å². The van der Waals surface area contributed by atoms with E-state index in [-0.39, 0.29) is 13.0 Å². The fraction of sp³-hybridized carbons (Fsp3) is 0.417. The van der Waals surface area contributed by atoms with Crippen LogP contribution >= 0.6 is 0 Å². The lowest BCUT2D eigenvalue weighted by molar-refractivity contribution is -0.158. The van der Waals surface area contributed by atoms with Gasteiger partial charge in [-0.2, -0.15) is 0 Å². The molecule has 0 aliphatic carbocycles. The molecule has 0 aliphatic heterocycles. The van der Waals surface area contributed by atoms with Gasteiger partial charge in [0.05, 0.1) is 6.54 Å². The third kappa shape index (κ3) is 19.9. The summed E-state index contributed by atoms with van der Waals surface area (Å²) in [7, 11) is 0. The number of esters is 2. The maximum atomic E-state index is 11.2. The second-order valence-corrected chi connectivity index (χ2v) is 6.00. The van der Waals surface area contributed by atoms with E-state index in [9.17, 15) is 9.59 Å². The first kappa shape index (κ1) is 25.5. The number of allylic oxidation sites excluding steroid dienone is 12. The van der Waals surface area contributed by atoms with Gasteiger partial charge in [0.15, 0.2) is 0 Å². The maximum Gasteiger partial charge on any atom is 0.327 e. The molecule has 2 N–H and O–H groups in total. The van der Waals surface area contributed by atoms with Crippen molar-refractivity contribution in [2.24, 2.45) is 5.73 Å². The minimum atomic E-state index is -0.687. The molecule has 4 nitrogen and oxygen atoms in total.